The summed E-state index contributed by atoms with van der Waals surface area (Å²) in [6.45, 7) is 2.82. The Hall–Kier alpha value is -2.80. The lowest BCUT2D eigenvalue weighted by Gasteiger charge is -2.22. The minimum absolute atomic E-state index is 0.0795. The summed E-state index contributed by atoms with van der Waals surface area (Å²) in [4.78, 5) is 21.0. The van der Waals surface area contributed by atoms with Gasteiger partial charge in [0.15, 0.2) is 0 Å². The van der Waals surface area contributed by atoms with Gasteiger partial charge in [0.1, 0.15) is 11.6 Å². The maximum absolute atomic E-state index is 13.1. The van der Waals surface area contributed by atoms with Crippen LogP contribution in [0.5, 0.6) is 5.75 Å². The van der Waals surface area contributed by atoms with E-state index in [2.05, 4.69) is 10.3 Å². The summed E-state index contributed by atoms with van der Waals surface area (Å²) in [7, 11) is 3.87. The molecule has 2 heterocycles. The zero-order valence-corrected chi connectivity index (χ0v) is 15.2. The molecule has 3 N–H and O–H groups in total. The Bertz CT molecular complexity index is 780. The van der Waals surface area contributed by atoms with Crippen LogP contribution in [0.15, 0.2) is 36.5 Å². The number of hydrogen-bond acceptors (Lipinski definition) is 6. The number of fused-ring (bicyclic) bond motifs is 1. The number of carbonyl (C=O) groups excluding carboxylic acids is 1. The number of carbonyl (C=O) groups is 1. The predicted octanol–water partition coefficient (Wildman–Crippen LogP) is 1.75. The van der Waals surface area contributed by atoms with Gasteiger partial charge in [-0.3, -0.25) is 4.79 Å². The van der Waals surface area contributed by atoms with E-state index in [4.69, 9.17) is 10.5 Å². The Labute approximate surface area is 153 Å². The van der Waals surface area contributed by atoms with Gasteiger partial charge in [-0.2, -0.15) is 0 Å². The lowest BCUT2D eigenvalue weighted by Crippen LogP contribution is -2.33. The van der Waals surface area contributed by atoms with Gasteiger partial charge in [0.25, 0.3) is 5.91 Å². The number of nitrogens with zero attached hydrogens (tertiary/aromatic N) is 3. The predicted molar refractivity (Wildman–Crippen MR) is 104 cm³/mol. The number of nitrogens with one attached hydrogen (secondary N) is 1. The van der Waals surface area contributed by atoms with Gasteiger partial charge in [-0.05, 0) is 32.1 Å². The van der Waals surface area contributed by atoms with Crippen molar-refractivity contribution < 1.29 is 9.53 Å². The monoisotopic (exact) mass is 355 g/mol. The van der Waals surface area contributed by atoms with Crippen molar-refractivity contribution in [1.29, 1.82) is 0 Å². The Morgan fingerprint density at radius 1 is 1.31 bits per heavy atom. The molecule has 7 heteroatoms. The van der Waals surface area contributed by atoms with Crippen LogP contribution in [-0.4, -0.2) is 51.2 Å². The second-order valence-corrected chi connectivity index (χ2v) is 6.31. The Morgan fingerprint density at radius 3 is 2.96 bits per heavy atom. The number of aromatic nitrogens is 1. The SMILES string of the molecule is CNCCCOc1cccc(N2CCN(C)c3cc(N)ncc3C2=O)c1. The number of amides is 1. The van der Waals surface area contributed by atoms with Gasteiger partial charge >= 0.3 is 0 Å². The molecule has 1 aromatic heterocycles. The first-order valence-corrected chi connectivity index (χ1v) is 8.76. The number of hydrogen-bond donors (Lipinski definition) is 2. The van der Waals surface area contributed by atoms with Gasteiger partial charge in [-0.25, -0.2) is 4.98 Å². The minimum Gasteiger partial charge on any atom is -0.493 e. The molecule has 1 amide bonds. The molecule has 1 aliphatic rings. The molecule has 0 fully saturated rings. The summed E-state index contributed by atoms with van der Waals surface area (Å²) in [6, 6.07) is 9.40. The second-order valence-electron chi connectivity index (χ2n) is 6.31. The molecule has 3 rings (SSSR count). The summed E-state index contributed by atoms with van der Waals surface area (Å²) in [5.74, 6) is 1.10. The molecule has 2 aromatic rings. The molecule has 1 aromatic carbocycles. The van der Waals surface area contributed by atoms with Crippen LogP contribution in [0.2, 0.25) is 0 Å². The third kappa shape index (κ3) is 3.88. The molecule has 1 aliphatic heterocycles. The first kappa shape index (κ1) is 18.0. The highest BCUT2D eigenvalue weighted by Crippen LogP contribution is 2.29. The van der Waals surface area contributed by atoms with Gasteiger partial charge in [0.05, 0.1) is 17.9 Å². The van der Waals surface area contributed by atoms with Crippen LogP contribution in [0.1, 0.15) is 16.8 Å². The number of rotatable bonds is 6. The van der Waals surface area contributed by atoms with Gasteiger partial charge in [-0.15, -0.1) is 0 Å². The Kier molecular flexibility index (Phi) is 5.58. The fraction of sp³-hybridized carbons (Fsp3) is 0.368. The van der Waals surface area contributed by atoms with Gasteiger partial charge in [0, 0.05) is 44.2 Å². The zero-order chi connectivity index (χ0) is 18.5. The van der Waals surface area contributed by atoms with Gasteiger partial charge < -0.3 is 25.6 Å². The molecular formula is C19H25N5O2. The molecule has 0 spiro atoms. The van der Waals surface area contributed by atoms with E-state index >= 15 is 0 Å². The summed E-state index contributed by atoms with van der Waals surface area (Å²) in [5.41, 5.74) is 7.97. The van der Waals surface area contributed by atoms with Gasteiger partial charge in [0.2, 0.25) is 0 Å². The summed E-state index contributed by atoms with van der Waals surface area (Å²) >= 11 is 0. The number of benzene rings is 1. The highest BCUT2D eigenvalue weighted by molar-refractivity contribution is 6.10. The molecule has 0 radical (unpaired) electrons. The van der Waals surface area contributed by atoms with Crippen LogP contribution in [-0.2, 0) is 0 Å². The van der Waals surface area contributed by atoms with Crippen molar-refractivity contribution in [2.45, 2.75) is 6.42 Å². The van der Waals surface area contributed by atoms with E-state index in [0.29, 0.717) is 31.1 Å². The average Bonchev–Trinajstić information content (AvgIpc) is 2.76. The van der Waals surface area contributed by atoms with E-state index in [1.165, 1.54) is 0 Å². The van der Waals surface area contributed by atoms with E-state index in [1.54, 1.807) is 17.2 Å². The smallest absolute Gasteiger partial charge is 0.262 e. The van der Waals surface area contributed by atoms with Crippen molar-refractivity contribution in [3.63, 3.8) is 0 Å². The lowest BCUT2D eigenvalue weighted by molar-refractivity contribution is 0.0990. The zero-order valence-electron chi connectivity index (χ0n) is 15.2. The quantitative estimate of drug-likeness (QED) is 0.768. The van der Waals surface area contributed by atoms with Crippen molar-refractivity contribution in [3.8, 4) is 5.75 Å². The number of nitrogen functional groups attached to an aromatic ring is 1. The van der Waals surface area contributed by atoms with Crippen LogP contribution in [0, 0.1) is 0 Å². The normalized spacial score (nSPS) is 14.2. The molecule has 26 heavy (non-hydrogen) atoms. The van der Waals surface area contributed by atoms with Crippen LogP contribution >= 0.6 is 0 Å². The topological polar surface area (TPSA) is 83.7 Å². The number of anilines is 3. The molecule has 0 saturated carbocycles. The van der Waals surface area contributed by atoms with E-state index in [-0.39, 0.29) is 5.91 Å². The first-order valence-electron chi connectivity index (χ1n) is 8.76. The molecule has 0 aliphatic carbocycles. The van der Waals surface area contributed by atoms with E-state index in [9.17, 15) is 4.79 Å². The maximum atomic E-state index is 13.1. The van der Waals surface area contributed by atoms with Crippen molar-refractivity contribution in [1.82, 2.24) is 10.3 Å². The molecule has 0 unspecified atom stereocenters. The lowest BCUT2D eigenvalue weighted by atomic mass is 10.2. The highest BCUT2D eigenvalue weighted by Gasteiger charge is 2.26. The number of pyridine rings is 1. The van der Waals surface area contributed by atoms with Crippen molar-refractivity contribution in [2.24, 2.45) is 0 Å². The molecule has 0 atom stereocenters. The third-order valence-electron chi connectivity index (χ3n) is 4.42. The van der Waals surface area contributed by atoms with E-state index in [0.717, 1.165) is 30.1 Å². The van der Waals surface area contributed by atoms with E-state index < -0.39 is 0 Å². The van der Waals surface area contributed by atoms with Crippen LogP contribution in [0.25, 0.3) is 0 Å². The Balaban J connectivity index is 1.83. The molecule has 138 valence electrons. The molecule has 0 bridgehead atoms. The molecular weight excluding hydrogens is 330 g/mol. The average molecular weight is 355 g/mol. The maximum Gasteiger partial charge on any atom is 0.262 e. The second kappa shape index (κ2) is 8.05. The largest absolute Gasteiger partial charge is 0.493 e. The van der Waals surface area contributed by atoms with Crippen LogP contribution in [0.3, 0.4) is 0 Å². The third-order valence-corrected chi connectivity index (χ3v) is 4.42. The fourth-order valence-corrected chi connectivity index (χ4v) is 2.98. The number of ether oxygens (including phenoxy) is 1. The minimum atomic E-state index is -0.0795. The first-order chi connectivity index (χ1) is 12.6. The summed E-state index contributed by atoms with van der Waals surface area (Å²) < 4.78 is 5.80. The van der Waals surface area contributed by atoms with Crippen LogP contribution < -0.4 is 25.6 Å². The van der Waals surface area contributed by atoms with Crippen molar-refractivity contribution in [3.05, 3.63) is 42.1 Å². The van der Waals surface area contributed by atoms with Crippen molar-refractivity contribution >= 4 is 23.1 Å². The fourth-order valence-electron chi connectivity index (χ4n) is 2.98. The van der Waals surface area contributed by atoms with Crippen molar-refractivity contribution in [2.75, 3.05) is 55.9 Å². The van der Waals surface area contributed by atoms with Crippen LogP contribution in [0.4, 0.5) is 17.2 Å². The molecule has 7 nitrogen and oxygen atoms in total. The standard InChI is InChI=1S/C19H25N5O2/c1-21-7-4-10-26-15-6-3-5-14(11-15)24-9-8-23(2)17-12-18(20)22-13-16(17)19(24)25/h3,5-6,11-13,21H,4,7-10H2,1-2H3,(H2,20,22). The molecule has 0 saturated heterocycles. The number of nitrogens with two attached hydrogens (primary N) is 1. The summed E-state index contributed by atoms with van der Waals surface area (Å²) in [5, 5.41) is 3.09. The number of likely N-dealkylation sites (N-methyl/N-ethyl adjacent to an activating group) is 1. The van der Waals surface area contributed by atoms with E-state index in [1.807, 2.05) is 43.3 Å². The van der Waals surface area contributed by atoms with Gasteiger partial charge in [-0.1, -0.05) is 6.07 Å². The highest BCUT2D eigenvalue weighted by atomic mass is 16.5. The summed E-state index contributed by atoms with van der Waals surface area (Å²) in [6.07, 6.45) is 2.48. The Morgan fingerprint density at radius 2 is 2.15 bits per heavy atom.